The standard InChI is InChI=1S/C15H26N/c1-5-16(6-2,7-3)12-11-15-10-8-9-14(4)13-15/h9-10,13-14H,5-7,11-12H2,1-4H3/q+1. The van der Waals surface area contributed by atoms with Crippen LogP contribution in [0.15, 0.2) is 29.5 Å². The minimum absolute atomic E-state index is 0.562. The second-order valence-electron chi connectivity index (χ2n) is 4.84. The summed E-state index contributed by atoms with van der Waals surface area (Å²) in [6.45, 7) is 14.1. The molecule has 0 spiro atoms. The first-order valence-electron chi connectivity index (χ1n) is 6.64. The van der Waals surface area contributed by atoms with Crippen LogP contribution in [-0.2, 0) is 0 Å². The molecule has 1 heteroatoms. The highest BCUT2D eigenvalue weighted by atomic mass is 15.3. The van der Waals surface area contributed by atoms with E-state index in [9.17, 15) is 0 Å². The first-order valence-corrected chi connectivity index (χ1v) is 6.64. The number of hydrogen-bond acceptors (Lipinski definition) is 0. The molecule has 0 aromatic heterocycles. The molecule has 1 unspecified atom stereocenters. The maximum Gasteiger partial charge on any atom is 0.0827 e. The summed E-state index contributed by atoms with van der Waals surface area (Å²) < 4.78 is 1.24. The second-order valence-corrected chi connectivity index (χ2v) is 4.84. The van der Waals surface area contributed by atoms with Crippen LogP contribution in [0.1, 0.15) is 34.1 Å². The van der Waals surface area contributed by atoms with Gasteiger partial charge in [-0.3, -0.25) is 0 Å². The van der Waals surface area contributed by atoms with Crippen molar-refractivity contribution in [3.63, 3.8) is 0 Å². The Balaban J connectivity index is 2.57. The van der Waals surface area contributed by atoms with Gasteiger partial charge in [0, 0.05) is 12.3 Å². The fourth-order valence-electron chi connectivity index (χ4n) is 2.41. The molecule has 0 saturated heterocycles. The smallest absolute Gasteiger partial charge is 0.0827 e. The van der Waals surface area contributed by atoms with Crippen molar-refractivity contribution in [2.75, 3.05) is 26.2 Å². The lowest BCUT2D eigenvalue weighted by Gasteiger charge is -2.36. The van der Waals surface area contributed by atoms with Gasteiger partial charge < -0.3 is 4.48 Å². The van der Waals surface area contributed by atoms with Crippen molar-refractivity contribution in [3.8, 4) is 0 Å². The largest absolute Gasteiger partial charge is 0.324 e. The lowest BCUT2D eigenvalue weighted by Crippen LogP contribution is -2.48. The van der Waals surface area contributed by atoms with E-state index >= 15 is 0 Å². The summed E-state index contributed by atoms with van der Waals surface area (Å²) in [5, 5.41) is 0. The second kappa shape index (κ2) is 6.08. The molecule has 0 N–H and O–H groups in total. The maximum atomic E-state index is 3.25. The molecule has 0 aromatic carbocycles. The predicted molar refractivity (Wildman–Crippen MR) is 71.3 cm³/mol. The van der Waals surface area contributed by atoms with Crippen LogP contribution in [0.3, 0.4) is 0 Å². The van der Waals surface area contributed by atoms with E-state index in [1.54, 1.807) is 0 Å². The zero-order valence-electron chi connectivity index (χ0n) is 11.3. The number of hydrogen-bond donors (Lipinski definition) is 0. The van der Waals surface area contributed by atoms with E-state index < -0.39 is 0 Å². The molecule has 1 nitrogen and oxygen atoms in total. The van der Waals surface area contributed by atoms with Crippen LogP contribution >= 0.6 is 0 Å². The van der Waals surface area contributed by atoms with Gasteiger partial charge in [0.1, 0.15) is 0 Å². The highest BCUT2D eigenvalue weighted by Crippen LogP contribution is 2.17. The predicted octanol–water partition coefficient (Wildman–Crippen LogP) is 3.54. The van der Waals surface area contributed by atoms with Gasteiger partial charge >= 0.3 is 0 Å². The van der Waals surface area contributed by atoms with E-state index in [2.05, 4.69) is 51.7 Å². The molecule has 1 rings (SSSR count). The summed E-state index contributed by atoms with van der Waals surface area (Å²) in [6.07, 6.45) is 7.84. The van der Waals surface area contributed by atoms with E-state index in [0.717, 1.165) is 0 Å². The lowest BCUT2D eigenvalue weighted by molar-refractivity contribution is -0.923. The third kappa shape index (κ3) is 3.37. The van der Waals surface area contributed by atoms with Crippen LogP contribution in [0.4, 0.5) is 0 Å². The van der Waals surface area contributed by atoms with Gasteiger partial charge in [-0.15, -0.1) is 5.73 Å². The molecule has 0 aromatic rings. The topological polar surface area (TPSA) is 0 Å². The molecule has 0 bridgehead atoms. The zero-order valence-corrected chi connectivity index (χ0v) is 11.3. The van der Waals surface area contributed by atoms with Gasteiger partial charge in [0.05, 0.1) is 26.2 Å². The Morgan fingerprint density at radius 1 is 1.19 bits per heavy atom. The Bertz CT molecular complexity index is 293. The Hall–Kier alpha value is -0.780. The number of allylic oxidation sites excluding steroid dienone is 2. The fourth-order valence-corrected chi connectivity index (χ4v) is 2.41. The van der Waals surface area contributed by atoms with Gasteiger partial charge in [-0.05, 0) is 38.5 Å². The van der Waals surface area contributed by atoms with Crippen molar-refractivity contribution in [2.45, 2.75) is 34.1 Å². The molecular formula is C15H26N+. The Kier molecular flexibility index (Phi) is 5.05. The van der Waals surface area contributed by atoms with Crippen LogP contribution in [0.25, 0.3) is 0 Å². The van der Waals surface area contributed by atoms with Crippen LogP contribution < -0.4 is 0 Å². The van der Waals surface area contributed by atoms with Crippen LogP contribution in [0.5, 0.6) is 0 Å². The van der Waals surface area contributed by atoms with Crippen molar-refractivity contribution in [1.82, 2.24) is 0 Å². The summed E-state index contributed by atoms with van der Waals surface area (Å²) >= 11 is 0. The van der Waals surface area contributed by atoms with Gasteiger partial charge in [-0.2, -0.15) is 0 Å². The minimum atomic E-state index is 0.562. The normalized spacial score (nSPS) is 20.0. The third-order valence-electron chi connectivity index (χ3n) is 3.99. The summed E-state index contributed by atoms with van der Waals surface area (Å²) in [5.74, 6) is 0.562. The first-order chi connectivity index (χ1) is 7.65. The van der Waals surface area contributed by atoms with Crippen molar-refractivity contribution in [1.29, 1.82) is 0 Å². The Morgan fingerprint density at radius 3 is 2.31 bits per heavy atom. The third-order valence-corrected chi connectivity index (χ3v) is 3.99. The molecule has 1 atom stereocenters. The van der Waals surface area contributed by atoms with Crippen molar-refractivity contribution in [3.05, 3.63) is 29.5 Å². The van der Waals surface area contributed by atoms with Crippen molar-refractivity contribution in [2.24, 2.45) is 5.92 Å². The number of quaternary nitrogens is 1. The maximum absolute atomic E-state index is 3.25. The molecule has 90 valence electrons. The van der Waals surface area contributed by atoms with E-state index in [-0.39, 0.29) is 0 Å². The molecule has 0 saturated carbocycles. The fraction of sp³-hybridized carbons (Fsp3) is 0.667. The number of rotatable bonds is 6. The summed E-state index contributed by atoms with van der Waals surface area (Å²) in [6, 6.07) is 0. The summed E-state index contributed by atoms with van der Waals surface area (Å²) in [4.78, 5) is 0. The SMILES string of the molecule is CC[N+](CC)(CC)CCC1=CC(C)C=C=C1. The Labute approximate surface area is 101 Å². The molecule has 0 fully saturated rings. The molecule has 0 aliphatic heterocycles. The average molecular weight is 220 g/mol. The summed E-state index contributed by atoms with van der Waals surface area (Å²) in [7, 11) is 0. The molecule has 1 aliphatic rings. The highest BCUT2D eigenvalue weighted by molar-refractivity contribution is 5.24. The van der Waals surface area contributed by atoms with Crippen molar-refractivity contribution >= 4 is 0 Å². The van der Waals surface area contributed by atoms with E-state index in [1.807, 2.05) is 0 Å². The van der Waals surface area contributed by atoms with Gasteiger partial charge in [0.15, 0.2) is 0 Å². The van der Waals surface area contributed by atoms with Crippen LogP contribution in [0.2, 0.25) is 0 Å². The minimum Gasteiger partial charge on any atom is -0.324 e. The average Bonchev–Trinajstić information content (AvgIpc) is 2.32. The monoisotopic (exact) mass is 220 g/mol. The summed E-state index contributed by atoms with van der Waals surface area (Å²) in [5.41, 5.74) is 4.72. The molecule has 0 radical (unpaired) electrons. The highest BCUT2D eigenvalue weighted by Gasteiger charge is 2.20. The van der Waals surface area contributed by atoms with Crippen LogP contribution in [0, 0.1) is 5.92 Å². The number of nitrogens with zero attached hydrogens (tertiary/aromatic N) is 1. The van der Waals surface area contributed by atoms with Crippen LogP contribution in [-0.4, -0.2) is 30.7 Å². The molecule has 16 heavy (non-hydrogen) atoms. The first kappa shape index (κ1) is 13.3. The quantitative estimate of drug-likeness (QED) is 0.474. The van der Waals surface area contributed by atoms with Gasteiger partial charge in [-0.25, -0.2) is 0 Å². The van der Waals surface area contributed by atoms with Gasteiger partial charge in [-0.1, -0.05) is 13.0 Å². The van der Waals surface area contributed by atoms with Gasteiger partial charge in [0.2, 0.25) is 0 Å². The molecular weight excluding hydrogens is 194 g/mol. The zero-order chi connectivity index (χ0) is 12.0. The van der Waals surface area contributed by atoms with Crippen molar-refractivity contribution < 1.29 is 4.48 Å². The van der Waals surface area contributed by atoms with E-state index in [4.69, 9.17) is 0 Å². The molecule has 0 heterocycles. The Morgan fingerprint density at radius 2 is 1.81 bits per heavy atom. The molecule has 0 amide bonds. The van der Waals surface area contributed by atoms with Gasteiger partial charge in [0.25, 0.3) is 0 Å². The van der Waals surface area contributed by atoms with E-state index in [0.29, 0.717) is 5.92 Å². The molecule has 1 aliphatic carbocycles. The lowest BCUT2D eigenvalue weighted by atomic mass is 10.0. The van der Waals surface area contributed by atoms with E-state index in [1.165, 1.54) is 42.7 Å².